The van der Waals surface area contributed by atoms with Crippen molar-refractivity contribution < 1.29 is 47.4 Å². The van der Waals surface area contributed by atoms with Crippen LogP contribution in [0, 0.1) is 30.0 Å². The second kappa shape index (κ2) is 14.2. The summed E-state index contributed by atoms with van der Waals surface area (Å²) in [6, 6.07) is 17.2. The Kier molecular flexibility index (Phi) is 11.5. The number of rotatable bonds is 4. The largest absolute Gasteiger partial charge is 2.00 e. The molecular weight excluding hydrogens is 753 g/mol. The molecule has 43 heavy (non-hydrogen) atoms. The molecule has 0 amide bonds. The Bertz CT molecular complexity index is 1530. The maximum Gasteiger partial charge on any atom is 2.00 e. The quantitative estimate of drug-likeness (QED) is 0.157. The Morgan fingerprint density at radius 3 is 1.58 bits per heavy atom. The van der Waals surface area contributed by atoms with E-state index >= 15 is 0 Å². The Labute approximate surface area is 259 Å². The molecule has 13 heteroatoms. The van der Waals surface area contributed by atoms with E-state index in [1.165, 1.54) is 12.4 Å². The predicted molar refractivity (Wildman–Crippen MR) is 147 cm³/mol. The van der Waals surface area contributed by atoms with Crippen LogP contribution in [-0.2, 0) is 33.4 Å². The second-order valence-corrected chi connectivity index (χ2v) is 9.17. The van der Waals surface area contributed by atoms with Crippen LogP contribution in [0.25, 0.3) is 27.4 Å². The summed E-state index contributed by atoms with van der Waals surface area (Å²) in [5.41, 5.74) is 0.461. The number of aromatic nitrogens is 2. The minimum absolute atomic E-state index is 0. The van der Waals surface area contributed by atoms with Crippen LogP contribution >= 0.6 is 0 Å². The molecule has 0 aliphatic carbocycles. The third-order valence-electron chi connectivity index (χ3n) is 5.69. The zero-order chi connectivity index (χ0) is 31.2. The zero-order valence-electron chi connectivity index (χ0n) is 23.0. The number of hydrogen-bond acceptors (Lipinski definition) is 5. The van der Waals surface area contributed by atoms with Crippen LogP contribution in [0.1, 0.15) is 16.7 Å². The van der Waals surface area contributed by atoms with E-state index in [2.05, 4.69) is 26.9 Å². The molecule has 4 aromatic rings. The van der Waals surface area contributed by atoms with E-state index in [4.69, 9.17) is 11.8 Å². The van der Waals surface area contributed by atoms with Gasteiger partial charge in [-0.15, -0.1) is 42.0 Å². The molecule has 0 saturated carbocycles. The topological polar surface area (TPSA) is 60.4 Å². The molecule has 0 aliphatic rings. The molecule has 0 unspecified atom stereocenters. The summed E-state index contributed by atoms with van der Waals surface area (Å²) in [5.74, 6) is 0. The predicted octanol–water partition coefficient (Wildman–Crippen LogP) is 7.69. The average Bonchev–Trinajstić information content (AvgIpc) is 2.96. The van der Waals surface area contributed by atoms with Gasteiger partial charge in [0.1, 0.15) is 5.69 Å². The van der Waals surface area contributed by atoms with Crippen LogP contribution in [0.5, 0.6) is 0 Å². The molecule has 0 spiro atoms. The van der Waals surface area contributed by atoms with E-state index in [0.29, 0.717) is 11.4 Å². The van der Waals surface area contributed by atoms with E-state index in [9.17, 15) is 26.3 Å². The van der Waals surface area contributed by atoms with Crippen molar-refractivity contribution in [3.05, 3.63) is 101 Å². The van der Waals surface area contributed by atoms with Gasteiger partial charge in [0, 0.05) is 57.7 Å². The number of benzene rings is 2. The fourth-order valence-electron chi connectivity index (χ4n) is 3.54. The standard InChI is InChI=1S/2C15H11F3N3.Pt/c1-19-12-7-10(6-11(8-12)15(16,17)18)14-9-13(21(2)3)4-5-20-14;1-21(2)13-3-4-20-14(8-13)11-5-10(9-19)6-12(7-11)15(16,17)18;/h4-6,8-9H,2-3H3;3-4,6-8H,1-2H3;/q2*-1;+2. The van der Waals surface area contributed by atoms with Gasteiger partial charge in [0.2, 0.25) is 0 Å². The number of anilines is 2. The van der Waals surface area contributed by atoms with Crippen LogP contribution < -0.4 is 9.80 Å². The van der Waals surface area contributed by atoms with Crippen molar-refractivity contribution in [2.24, 2.45) is 0 Å². The summed E-state index contributed by atoms with van der Waals surface area (Å²) in [6.07, 6.45) is -6.02. The Balaban J connectivity index is 0.000000293. The summed E-state index contributed by atoms with van der Waals surface area (Å²) < 4.78 is 77.2. The molecule has 4 rings (SSSR count). The molecule has 0 saturated heterocycles. The fraction of sp³-hybridized carbons (Fsp3) is 0.200. The molecule has 0 atom stereocenters. The van der Waals surface area contributed by atoms with Gasteiger partial charge in [0.25, 0.3) is 0 Å². The Morgan fingerprint density at radius 2 is 1.19 bits per heavy atom. The van der Waals surface area contributed by atoms with E-state index in [0.717, 1.165) is 35.6 Å². The second-order valence-electron chi connectivity index (χ2n) is 9.17. The zero-order valence-corrected chi connectivity index (χ0v) is 25.3. The molecule has 0 radical (unpaired) electrons. The molecule has 2 heterocycles. The third kappa shape index (κ3) is 9.29. The van der Waals surface area contributed by atoms with E-state index in [-0.39, 0.29) is 43.4 Å². The van der Waals surface area contributed by atoms with Crippen LogP contribution in [0.2, 0.25) is 0 Å². The molecule has 224 valence electrons. The summed E-state index contributed by atoms with van der Waals surface area (Å²) in [5, 5.41) is 8.86. The summed E-state index contributed by atoms with van der Waals surface area (Å²) >= 11 is 0. The molecule has 0 bridgehead atoms. The minimum Gasteiger partial charge on any atom is -0.378 e. The van der Waals surface area contributed by atoms with Crippen LogP contribution in [0.15, 0.2) is 60.9 Å². The number of hydrogen-bond donors (Lipinski definition) is 0. The first-order valence-electron chi connectivity index (χ1n) is 12.0. The number of pyridine rings is 2. The van der Waals surface area contributed by atoms with E-state index in [1.54, 1.807) is 30.3 Å². The normalized spacial score (nSPS) is 10.8. The van der Waals surface area contributed by atoms with Gasteiger partial charge in [-0.1, -0.05) is 17.2 Å². The van der Waals surface area contributed by atoms with Crippen molar-refractivity contribution in [2.75, 3.05) is 38.0 Å². The smallest absolute Gasteiger partial charge is 0.378 e. The van der Waals surface area contributed by atoms with Gasteiger partial charge in [-0.05, 0) is 41.1 Å². The van der Waals surface area contributed by atoms with Crippen molar-refractivity contribution in [1.29, 1.82) is 5.26 Å². The van der Waals surface area contributed by atoms with Gasteiger partial charge in [0.05, 0.1) is 6.57 Å². The Hall–Kier alpha value is -4.41. The van der Waals surface area contributed by atoms with Crippen molar-refractivity contribution in [3.63, 3.8) is 0 Å². The first-order valence-corrected chi connectivity index (χ1v) is 12.0. The van der Waals surface area contributed by atoms with E-state index in [1.807, 2.05) is 38.0 Å². The molecule has 2 aromatic carbocycles. The van der Waals surface area contributed by atoms with Gasteiger partial charge >= 0.3 is 33.4 Å². The van der Waals surface area contributed by atoms with Crippen molar-refractivity contribution >= 4 is 17.1 Å². The third-order valence-corrected chi connectivity index (χ3v) is 5.69. The Morgan fingerprint density at radius 1 is 0.744 bits per heavy atom. The fourth-order valence-corrected chi connectivity index (χ4v) is 3.54. The summed E-state index contributed by atoms with van der Waals surface area (Å²) in [6.45, 7) is 6.91. The first-order chi connectivity index (χ1) is 19.6. The van der Waals surface area contributed by atoms with Gasteiger partial charge in [-0.2, -0.15) is 26.3 Å². The van der Waals surface area contributed by atoms with Crippen LogP contribution in [0.4, 0.5) is 43.4 Å². The minimum atomic E-state index is -4.52. The van der Waals surface area contributed by atoms with Crippen molar-refractivity contribution in [3.8, 4) is 28.6 Å². The van der Waals surface area contributed by atoms with Crippen LogP contribution in [-0.4, -0.2) is 38.2 Å². The SMILES string of the molecule is CN(C)c1ccnc(-c2[c-]c(C#N)cc(C(F)(F)F)c2)c1.[C-]#[N+]c1[c-]c(-c2cc(N(C)C)ccn2)cc(C(F)(F)F)c1.[Pt+2]. The van der Waals surface area contributed by atoms with Crippen molar-refractivity contribution in [2.45, 2.75) is 12.4 Å². The van der Waals surface area contributed by atoms with Crippen molar-refractivity contribution in [1.82, 2.24) is 9.97 Å². The molecule has 6 nitrogen and oxygen atoms in total. The number of nitriles is 1. The van der Waals surface area contributed by atoms with Gasteiger partial charge in [-0.25, -0.2) is 5.26 Å². The number of alkyl halides is 6. The van der Waals surface area contributed by atoms with Gasteiger partial charge in [-0.3, -0.25) is 9.83 Å². The van der Waals surface area contributed by atoms with Gasteiger partial charge < -0.3 is 14.8 Å². The molecule has 0 fully saturated rings. The first kappa shape index (κ1) is 34.8. The maximum absolute atomic E-state index is 12.9. The number of halogens is 6. The average molecular weight is 776 g/mol. The molecule has 0 aliphatic heterocycles. The maximum atomic E-state index is 12.9. The molecule has 0 N–H and O–H groups in total. The molecular formula is C30H22F6N6Pt. The number of nitrogens with zero attached hydrogens (tertiary/aromatic N) is 6. The van der Waals surface area contributed by atoms with E-state index < -0.39 is 23.5 Å². The monoisotopic (exact) mass is 775 g/mol. The van der Waals surface area contributed by atoms with Crippen LogP contribution in [0.3, 0.4) is 0 Å². The molecule has 2 aromatic heterocycles. The summed E-state index contributed by atoms with van der Waals surface area (Å²) in [7, 11) is 7.27. The summed E-state index contributed by atoms with van der Waals surface area (Å²) in [4.78, 5) is 14.8. The van der Waals surface area contributed by atoms with Gasteiger partial charge in [0.15, 0.2) is 0 Å².